The fraction of sp³-hybridized carbons (Fsp3) is 0.222. The summed E-state index contributed by atoms with van der Waals surface area (Å²) in [6.07, 6.45) is 0. The summed E-state index contributed by atoms with van der Waals surface area (Å²) in [5.74, 6) is 1.03. The largest absolute Gasteiger partial charge is 0.368 e. The van der Waals surface area contributed by atoms with E-state index in [1.807, 2.05) is 18.2 Å². The molecular weight excluding hydrogens is 232 g/mol. The third kappa shape index (κ3) is 3.61. The molecule has 0 spiro atoms. The van der Waals surface area contributed by atoms with Crippen molar-refractivity contribution in [2.75, 3.05) is 13.1 Å². The second-order valence-corrected chi connectivity index (χ2v) is 4.36. The van der Waals surface area contributed by atoms with E-state index in [1.165, 1.54) is 5.56 Å². The van der Waals surface area contributed by atoms with E-state index in [4.69, 9.17) is 0 Å². The van der Waals surface area contributed by atoms with Gasteiger partial charge in [0, 0.05) is 43.4 Å². The summed E-state index contributed by atoms with van der Waals surface area (Å²) in [6, 6.07) is 10.2. The Morgan fingerprint density at radius 1 is 1.21 bits per heavy atom. The summed E-state index contributed by atoms with van der Waals surface area (Å²) in [5, 5.41) is 3.22. The zero-order valence-corrected chi connectivity index (χ0v) is 9.92. The highest BCUT2D eigenvalue weighted by molar-refractivity contribution is 8.37. The average Bonchev–Trinajstić information content (AvgIpc) is 2.73. The number of hydrogen-bond acceptors (Lipinski definition) is 4. The summed E-state index contributed by atoms with van der Waals surface area (Å²) in [4.78, 5) is 4.31. The van der Waals surface area contributed by atoms with E-state index in [1.54, 1.807) is 0 Å². The van der Waals surface area contributed by atoms with E-state index in [0.717, 1.165) is 27.8 Å². The highest BCUT2D eigenvalue weighted by atomic mass is 33.1. The Balaban J connectivity index is 0.000000293. The molecule has 1 heterocycles. The topological polar surface area (TPSA) is 24.4 Å². The Hall–Kier alpha value is -0.650. The SMILES string of the molecule is S=S=S.c1ccc(C2=NCCN2)cc1. The summed E-state index contributed by atoms with van der Waals surface area (Å²) in [6.45, 7) is 1.88. The molecule has 0 atom stereocenters. The molecular formula is C9H10N2S3. The van der Waals surface area contributed by atoms with Crippen LogP contribution in [0, 0.1) is 0 Å². The van der Waals surface area contributed by atoms with Crippen LogP contribution in [0.3, 0.4) is 0 Å². The maximum atomic E-state index is 4.31. The Morgan fingerprint density at radius 3 is 2.36 bits per heavy atom. The van der Waals surface area contributed by atoms with Gasteiger partial charge in [-0.3, -0.25) is 4.99 Å². The minimum absolute atomic E-state index is 0.907. The predicted molar refractivity (Wildman–Crippen MR) is 67.9 cm³/mol. The van der Waals surface area contributed by atoms with Crippen molar-refractivity contribution in [1.29, 1.82) is 0 Å². The Labute approximate surface area is 96.3 Å². The van der Waals surface area contributed by atoms with Gasteiger partial charge in [-0.25, -0.2) is 0 Å². The third-order valence-corrected chi connectivity index (χ3v) is 1.72. The molecule has 5 heteroatoms. The van der Waals surface area contributed by atoms with Gasteiger partial charge in [0.25, 0.3) is 0 Å². The molecule has 1 aliphatic heterocycles. The van der Waals surface area contributed by atoms with Crippen molar-refractivity contribution in [2.45, 2.75) is 0 Å². The first-order chi connectivity index (χ1) is 6.88. The molecule has 0 amide bonds. The van der Waals surface area contributed by atoms with Gasteiger partial charge in [-0.1, -0.05) is 30.3 Å². The smallest absolute Gasteiger partial charge is 0.128 e. The van der Waals surface area contributed by atoms with Crippen molar-refractivity contribution < 1.29 is 0 Å². The second-order valence-electron chi connectivity index (χ2n) is 2.59. The normalized spacial score (nSPS) is 13.3. The van der Waals surface area contributed by atoms with E-state index in [-0.39, 0.29) is 0 Å². The zero-order chi connectivity index (χ0) is 10.2. The molecule has 1 N–H and O–H groups in total. The molecule has 1 aromatic rings. The van der Waals surface area contributed by atoms with Gasteiger partial charge in [0.15, 0.2) is 0 Å². The van der Waals surface area contributed by atoms with Gasteiger partial charge < -0.3 is 5.32 Å². The van der Waals surface area contributed by atoms with Crippen molar-refractivity contribution in [1.82, 2.24) is 5.32 Å². The highest BCUT2D eigenvalue weighted by Gasteiger charge is 2.05. The minimum atomic E-state index is 0.907. The highest BCUT2D eigenvalue weighted by Crippen LogP contribution is 2.01. The maximum absolute atomic E-state index is 4.31. The molecule has 0 saturated heterocycles. The van der Waals surface area contributed by atoms with Gasteiger partial charge >= 0.3 is 0 Å². The predicted octanol–water partition coefficient (Wildman–Crippen LogP) is 1.03. The summed E-state index contributed by atoms with van der Waals surface area (Å²) in [5.41, 5.74) is 1.19. The van der Waals surface area contributed by atoms with Gasteiger partial charge in [-0.05, 0) is 0 Å². The molecule has 1 aliphatic rings. The van der Waals surface area contributed by atoms with E-state index < -0.39 is 0 Å². The first-order valence-electron chi connectivity index (χ1n) is 4.14. The molecule has 0 bridgehead atoms. The molecule has 0 radical (unpaired) electrons. The van der Waals surface area contributed by atoms with Gasteiger partial charge in [0.2, 0.25) is 0 Å². The third-order valence-electron chi connectivity index (χ3n) is 1.72. The van der Waals surface area contributed by atoms with Crippen molar-refractivity contribution >= 4 is 37.1 Å². The molecule has 2 nitrogen and oxygen atoms in total. The maximum Gasteiger partial charge on any atom is 0.128 e. The summed E-state index contributed by atoms with van der Waals surface area (Å²) < 4.78 is 0. The van der Waals surface area contributed by atoms with E-state index in [0.29, 0.717) is 0 Å². The quantitative estimate of drug-likeness (QED) is 0.796. The van der Waals surface area contributed by atoms with Crippen molar-refractivity contribution in [3.05, 3.63) is 35.9 Å². The average molecular weight is 242 g/mol. The van der Waals surface area contributed by atoms with Crippen LogP contribution in [0.1, 0.15) is 5.56 Å². The molecule has 0 saturated carbocycles. The summed E-state index contributed by atoms with van der Waals surface area (Å²) in [7, 11) is 0.917. The molecule has 1 aromatic carbocycles. The van der Waals surface area contributed by atoms with Gasteiger partial charge in [-0.2, -0.15) is 0 Å². The number of amidine groups is 1. The number of benzene rings is 1. The Bertz CT molecular complexity index is 342. The fourth-order valence-corrected chi connectivity index (χ4v) is 1.19. The van der Waals surface area contributed by atoms with Crippen LogP contribution < -0.4 is 5.32 Å². The standard InChI is InChI=1S/C9H10N2.S3/c1-2-4-8(5-3-1)9-10-6-7-11-9;1-3-2/h1-5H,6-7H2,(H,10,11);. The number of nitrogens with one attached hydrogen (secondary N) is 1. The molecule has 2 rings (SSSR count). The summed E-state index contributed by atoms with van der Waals surface area (Å²) >= 11 is 8.25. The first-order valence-corrected chi connectivity index (χ1v) is 6.80. The fourth-order valence-electron chi connectivity index (χ4n) is 1.19. The van der Waals surface area contributed by atoms with Crippen LogP contribution in [-0.4, -0.2) is 18.9 Å². The van der Waals surface area contributed by atoms with E-state index in [9.17, 15) is 0 Å². The first kappa shape index (κ1) is 11.4. The molecule has 0 unspecified atom stereocenters. The number of rotatable bonds is 1. The molecule has 14 heavy (non-hydrogen) atoms. The van der Waals surface area contributed by atoms with Crippen molar-refractivity contribution in [2.24, 2.45) is 4.99 Å². The van der Waals surface area contributed by atoms with E-state index >= 15 is 0 Å². The number of nitrogens with zero attached hydrogens (tertiary/aromatic N) is 1. The lowest BCUT2D eigenvalue weighted by Gasteiger charge is -1.99. The minimum Gasteiger partial charge on any atom is -0.368 e. The molecule has 0 aromatic heterocycles. The zero-order valence-electron chi connectivity index (χ0n) is 7.47. The van der Waals surface area contributed by atoms with Crippen LogP contribution in [0.4, 0.5) is 0 Å². The second kappa shape index (κ2) is 6.75. The number of aliphatic imine (C=N–C) groups is 1. The van der Waals surface area contributed by atoms with E-state index in [2.05, 4.69) is 44.8 Å². The lowest BCUT2D eigenvalue weighted by atomic mass is 10.2. The van der Waals surface area contributed by atoms with Gasteiger partial charge in [0.05, 0.1) is 6.54 Å². The lowest BCUT2D eigenvalue weighted by Crippen LogP contribution is -2.19. The monoisotopic (exact) mass is 242 g/mol. The van der Waals surface area contributed by atoms with Crippen LogP contribution in [0.5, 0.6) is 0 Å². The lowest BCUT2D eigenvalue weighted by molar-refractivity contribution is 0.960. The van der Waals surface area contributed by atoms with Crippen molar-refractivity contribution in [3.63, 3.8) is 0 Å². The van der Waals surface area contributed by atoms with Crippen LogP contribution in [-0.2, 0) is 31.3 Å². The van der Waals surface area contributed by atoms with Crippen molar-refractivity contribution in [3.8, 4) is 0 Å². The van der Waals surface area contributed by atoms with Crippen LogP contribution in [0.15, 0.2) is 35.3 Å². The van der Waals surface area contributed by atoms with Gasteiger partial charge in [0.1, 0.15) is 5.84 Å². The van der Waals surface area contributed by atoms with Crippen LogP contribution in [0.2, 0.25) is 0 Å². The Kier molecular flexibility index (Phi) is 5.51. The van der Waals surface area contributed by atoms with Crippen LogP contribution in [0.25, 0.3) is 0 Å². The van der Waals surface area contributed by atoms with Crippen LogP contribution >= 0.6 is 0 Å². The van der Waals surface area contributed by atoms with Gasteiger partial charge in [-0.15, -0.1) is 0 Å². The Morgan fingerprint density at radius 2 is 1.86 bits per heavy atom. The molecule has 0 aliphatic carbocycles. The molecule has 74 valence electrons. The molecule has 0 fully saturated rings. The number of hydrogen-bond donors (Lipinski definition) is 1.